The standard InChI is InChI=1S/C19H20FN3O2/c1-13-2-3-17(9-18(13)15-8-16(20)11-21-10-15)22-19(25)23-6-4-14(12-24)5-7-23/h2-3,8-12,14H,4-7H2,1H3,(H,22,25). The van der Waals surface area contributed by atoms with Gasteiger partial charge in [0.15, 0.2) is 0 Å². The molecule has 3 rings (SSSR count). The summed E-state index contributed by atoms with van der Waals surface area (Å²) in [6, 6.07) is 6.76. The fourth-order valence-electron chi connectivity index (χ4n) is 3.01. The number of piperidine rings is 1. The van der Waals surface area contributed by atoms with Gasteiger partial charge < -0.3 is 15.0 Å². The van der Waals surface area contributed by atoms with Crippen LogP contribution in [0, 0.1) is 18.7 Å². The summed E-state index contributed by atoms with van der Waals surface area (Å²) in [6.45, 7) is 3.07. The molecular weight excluding hydrogens is 321 g/mol. The lowest BCUT2D eigenvalue weighted by molar-refractivity contribution is -0.112. The number of rotatable bonds is 3. The summed E-state index contributed by atoms with van der Waals surface area (Å²) >= 11 is 0. The zero-order chi connectivity index (χ0) is 17.8. The third-order valence-corrected chi connectivity index (χ3v) is 4.52. The molecule has 0 aliphatic carbocycles. The van der Waals surface area contributed by atoms with Gasteiger partial charge in [0.25, 0.3) is 0 Å². The Bertz CT molecular complexity index is 786. The number of urea groups is 1. The lowest BCUT2D eigenvalue weighted by Crippen LogP contribution is -2.41. The average Bonchev–Trinajstić information content (AvgIpc) is 2.63. The number of carbonyl (C=O) groups excluding carboxylic acids is 2. The molecule has 0 bridgehead atoms. The molecule has 0 atom stereocenters. The van der Waals surface area contributed by atoms with Crippen molar-refractivity contribution >= 4 is 18.0 Å². The largest absolute Gasteiger partial charge is 0.324 e. The zero-order valence-corrected chi connectivity index (χ0v) is 14.0. The van der Waals surface area contributed by atoms with Crippen LogP contribution >= 0.6 is 0 Å². The van der Waals surface area contributed by atoms with Crippen LogP contribution in [0.2, 0.25) is 0 Å². The maximum atomic E-state index is 13.4. The summed E-state index contributed by atoms with van der Waals surface area (Å²) in [5.74, 6) is -0.347. The molecule has 1 saturated heterocycles. The van der Waals surface area contributed by atoms with Gasteiger partial charge in [-0.15, -0.1) is 0 Å². The number of hydrogen-bond donors (Lipinski definition) is 1. The molecule has 1 fully saturated rings. The quantitative estimate of drug-likeness (QED) is 0.867. The van der Waals surface area contributed by atoms with Crippen molar-refractivity contribution < 1.29 is 14.0 Å². The maximum Gasteiger partial charge on any atom is 0.321 e. The first-order valence-corrected chi connectivity index (χ1v) is 8.29. The predicted octanol–water partition coefficient (Wildman–Crippen LogP) is 3.64. The number of amides is 2. The number of benzene rings is 1. The number of aromatic nitrogens is 1. The highest BCUT2D eigenvalue weighted by Gasteiger charge is 2.22. The summed E-state index contributed by atoms with van der Waals surface area (Å²) in [5.41, 5.74) is 3.11. The van der Waals surface area contributed by atoms with Crippen molar-refractivity contribution in [3.63, 3.8) is 0 Å². The monoisotopic (exact) mass is 341 g/mol. The fraction of sp³-hybridized carbons (Fsp3) is 0.316. The van der Waals surface area contributed by atoms with Crippen molar-refractivity contribution in [3.8, 4) is 11.1 Å². The van der Waals surface area contributed by atoms with Gasteiger partial charge in [-0.3, -0.25) is 4.98 Å². The first-order valence-electron chi connectivity index (χ1n) is 8.29. The van der Waals surface area contributed by atoms with Crippen LogP contribution in [-0.2, 0) is 4.79 Å². The van der Waals surface area contributed by atoms with Crippen LogP contribution in [0.3, 0.4) is 0 Å². The molecule has 6 heteroatoms. The number of aryl methyl sites for hydroxylation is 1. The van der Waals surface area contributed by atoms with E-state index in [1.54, 1.807) is 11.1 Å². The molecule has 1 aliphatic heterocycles. The second kappa shape index (κ2) is 7.42. The highest BCUT2D eigenvalue weighted by molar-refractivity contribution is 5.90. The van der Waals surface area contributed by atoms with E-state index in [-0.39, 0.29) is 11.9 Å². The Morgan fingerprint density at radius 1 is 1.28 bits per heavy atom. The minimum atomic E-state index is -0.399. The zero-order valence-electron chi connectivity index (χ0n) is 14.0. The molecule has 1 aromatic heterocycles. The molecule has 5 nitrogen and oxygen atoms in total. The van der Waals surface area contributed by atoms with Crippen LogP contribution in [0.25, 0.3) is 11.1 Å². The summed E-state index contributed by atoms with van der Waals surface area (Å²) < 4.78 is 13.4. The number of hydrogen-bond acceptors (Lipinski definition) is 3. The fourth-order valence-corrected chi connectivity index (χ4v) is 3.01. The molecule has 25 heavy (non-hydrogen) atoms. The highest BCUT2D eigenvalue weighted by Crippen LogP contribution is 2.27. The van der Waals surface area contributed by atoms with E-state index in [4.69, 9.17) is 0 Å². The van der Waals surface area contributed by atoms with Gasteiger partial charge in [-0.25, -0.2) is 9.18 Å². The number of nitrogens with one attached hydrogen (secondary N) is 1. The summed E-state index contributed by atoms with van der Waals surface area (Å²) in [7, 11) is 0. The van der Waals surface area contributed by atoms with E-state index >= 15 is 0 Å². The number of halogens is 1. The number of carbonyl (C=O) groups is 2. The predicted molar refractivity (Wildman–Crippen MR) is 93.7 cm³/mol. The average molecular weight is 341 g/mol. The normalized spacial score (nSPS) is 15.0. The third kappa shape index (κ3) is 4.02. The van der Waals surface area contributed by atoms with Crippen molar-refractivity contribution in [1.29, 1.82) is 0 Å². The van der Waals surface area contributed by atoms with E-state index < -0.39 is 5.82 Å². The Morgan fingerprint density at radius 3 is 2.72 bits per heavy atom. The van der Waals surface area contributed by atoms with Crippen molar-refractivity contribution in [2.24, 2.45) is 5.92 Å². The first-order chi connectivity index (χ1) is 12.1. The van der Waals surface area contributed by atoms with Crippen LogP contribution in [0.15, 0.2) is 36.7 Å². The third-order valence-electron chi connectivity index (χ3n) is 4.52. The summed E-state index contributed by atoms with van der Waals surface area (Å²) in [5, 5.41) is 2.88. The highest BCUT2D eigenvalue weighted by atomic mass is 19.1. The number of aldehydes is 1. The van der Waals surface area contributed by atoms with Crippen LogP contribution in [0.1, 0.15) is 18.4 Å². The minimum Gasteiger partial charge on any atom is -0.324 e. The Labute approximate surface area is 145 Å². The molecule has 0 unspecified atom stereocenters. The molecule has 1 aliphatic rings. The van der Waals surface area contributed by atoms with Gasteiger partial charge in [-0.1, -0.05) is 6.07 Å². The van der Waals surface area contributed by atoms with E-state index in [0.29, 0.717) is 37.2 Å². The van der Waals surface area contributed by atoms with Gasteiger partial charge in [-0.2, -0.15) is 0 Å². The molecule has 0 radical (unpaired) electrons. The topological polar surface area (TPSA) is 62.3 Å². The van der Waals surface area contributed by atoms with Gasteiger partial charge in [0.1, 0.15) is 12.1 Å². The van der Waals surface area contributed by atoms with Gasteiger partial charge in [0.2, 0.25) is 0 Å². The summed E-state index contributed by atoms with van der Waals surface area (Å²) in [4.78, 5) is 28.8. The van der Waals surface area contributed by atoms with E-state index in [2.05, 4.69) is 10.3 Å². The van der Waals surface area contributed by atoms with Gasteiger partial charge in [-0.05, 0) is 49.1 Å². The maximum absolute atomic E-state index is 13.4. The molecule has 1 N–H and O–H groups in total. The van der Waals surface area contributed by atoms with Crippen molar-refractivity contribution in [2.75, 3.05) is 18.4 Å². The molecule has 2 amide bonds. The van der Waals surface area contributed by atoms with Crippen LogP contribution in [0.5, 0.6) is 0 Å². The Hall–Kier alpha value is -2.76. The summed E-state index contributed by atoms with van der Waals surface area (Å²) in [6.07, 6.45) is 5.12. The molecule has 0 saturated carbocycles. The van der Waals surface area contributed by atoms with Gasteiger partial charge in [0, 0.05) is 36.5 Å². The SMILES string of the molecule is Cc1ccc(NC(=O)N2CCC(C=O)CC2)cc1-c1cncc(F)c1. The van der Waals surface area contributed by atoms with Gasteiger partial charge >= 0.3 is 6.03 Å². The molecule has 2 aromatic rings. The van der Waals surface area contributed by atoms with Crippen LogP contribution in [0.4, 0.5) is 14.9 Å². The number of nitrogens with zero attached hydrogens (tertiary/aromatic N) is 2. The number of anilines is 1. The van der Waals surface area contributed by atoms with Gasteiger partial charge in [0.05, 0.1) is 6.20 Å². The van der Waals surface area contributed by atoms with Crippen molar-refractivity contribution in [2.45, 2.75) is 19.8 Å². The van der Waals surface area contributed by atoms with Crippen molar-refractivity contribution in [3.05, 3.63) is 48.0 Å². The van der Waals surface area contributed by atoms with E-state index in [1.165, 1.54) is 6.07 Å². The van der Waals surface area contributed by atoms with Crippen LogP contribution in [-0.4, -0.2) is 35.3 Å². The Morgan fingerprint density at radius 2 is 2.04 bits per heavy atom. The Kier molecular flexibility index (Phi) is 5.07. The van der Waals surface area contributed by atoms with E-state index in [0.717, 1.165) is 23.6 Å². The molecule has 2 heterocycles. The second-order valence-electron chi connectivity index (χ2n) is 6.31. The second-order valence-corrected chi connectivity index (χ2v) is 6.31. The lowest BCUT2D eigenvalue weighted by Gasteiger charge is -2.29. The molecular formula is C19H20FN3O2. The first kappa shape index (κ1) is 17.1. The van der Waals surface area contributed by atoms with Crippen molar-refractivity contribution in [1.82, 2.24) is 9.88 Å². The Balaban J connectivity index is 1.74. The van der Waals surface area contributed by atoms with E-state index in [9.17, 15) is 14.0 Å². The number of likely N-dealkylation sites (tertiary alicyclic amines) is 1. The minimum absolute atomic E-state index is 0.0514. The smallest absolute Gasteiger partial charge is 0.321 e. The number of pyridine rings is 1. The lowest BCUT2D eigenvalue weighted by atomic mass is 9.99. The molecule has 1 aromatic carbocycles. The molecule has 0 spiro atoms. The van der Waals surface area contributed by atoms with E-state index in [1.807, 2.05) is 25.1 Å². The van der Waals surface area contributed by atoms with Crippen LogP contribution < -0.4 is 5.32 Å². The molecule has 130 valence electrons.